The summed E-state index contributed by atoms with van der Waals surface area (Å²) in [5, 5.41) is 3.68. The van der Waals surface area contributed by atoms with Gasteiger partial charge in [-0.15, -0.1) is 0 Å². The van der Waals surface area contributed by atoms with Gasteiger partial charge in [0.25, 0.3) is 11.5 Å². The number of carbonyl (C=O) groups excluding carboxylic acids is 1. The number of hydrogen-bond acceptors (Lipinski definition) is 2. The highest BCUT2D eigenvalue weighted by atomic mass is 79.9. The van der Waals surface area contributed by atoms with E-state index in [4.69, 9.17) is 0 Å². The van der Waals surface area contributed by atoms with E-state index in [0.29, 0.717) is 11.3 Å². The molecule has 0 aliphatic rings. The number of alkyl halides is 1. The quantitative estimate of drug-likeness (QED) is 0.873. The number of aromatic nitrogens is 1. The van der Waals surface area contributed by atoms with Crippen LogP contribution in [0.2, 0.25) is 0 Å². The molecule has 1 aromatic heterocycles. The van der Waals surface area contributed by atoms with Crippen LogP contribution in [0.5, 0.6) is 0 Å². The smallest absolute Gasteiger partial charge is 0.255 e. The fraction of sp³-hybridized carbons (Fsp3) is 0.200. The number of aryl methyl sites for hydroxylation is 2. The molecule has 0 saturated carbocycles. The molecule has 1 heterocycles. The van der Waals surface area contributed by atoms with Gasteiger partial charge in [0.1, 0.15) is 0 Å². The van der Waals surface area contributed by atoms with Gasteiger partial charge in [-0.1, -0.05) is 28.1 Å². The molecule has 0 bridgehead atoms. The molecular formula is C15H15BrN2O2. The molecule has 0 atom stereocenters. The van der Waals surface area contributed by atoms with Crippen molar-refractivity contribution in [2.24, 2.45) is 7.05 Å². The lowest BCUT2D eigenvalue weighted by Crippen LogP contribution is -2.19. The van der Waals surface area contributed by atoms with E-state index in [1.807, 2.05) is 24.3 Å². The molecule has 1 N–H and O–H groups in total. The van der Waals surface area contributed by atoms with Gasteiger partial charge >= 0.3 is 0 Å². The predicted octanol–water partition coefficient (Wildman–Crippen LogP) is 2.58. The molecule has 0 saturated heterocycles. The van der Waals surface area contributed by atoms with Gasteiger partial charge in [0, 0.05) is 35.9 Å². The molecule has 0 aliphatic heterocycles. The maximum absolute atomic E-state index is 12.0. The molecule has 20 heavy (non-hydrogen) atoms. The minimum atomic E-state index is -0.282. The van der Waals surface area contributed by atoms with Gasteiger partial charge < -0.3 is 9.88 Å². The van der Waals surface area contributed by atoms with Crippen molar-refractivity contribution in [3.63, 3.8) is 0 Å². The molecule has 0 fully saturated rings. The SMILES string of the molecule is Cn1ccc(C(=O)Nc2ccc(CCBr)cc2)cc1=O. The second-order valence-electron chi connectivity index (χ2n) is 4.45. The van der Waals surface area contributed by atoms with E-state index in [9.17, 15) is 9.59 Å². The van der Waals surface area contributed by atoms with Gasteiger partial charge in [-0.05, 0) is 30.2 Å². The standard InChI is InChI=1S/C15H15BrN2O2/c1-18-9-7-12(10-14(18)19)15(20)17-13-4-2-11(3-5-13)6-8-16/h2-5,7,9-10H,6,8H2,1H3,(H,17,20). The molecule has 1 amide bonds. The molecule has 0 aliphatic carbocycles. The highest BCUT2D eigenvalue weighted by molar-refractivity contribution is 9.09. The number of halogens is 1. The van der Waals surface area contributed by atoms with Crippen molar-refractivity contribution < 1.29 is 4.79 Å². The molecule has 5 heteroatoms. The summed E-state index contributed by atoms with van der Waals surface area (Å²) in [5.74, 6) is -0.282. The van der Waals surface area contributed by atoms with Gasteiger partial charge in [-0.2, -0.15) is 0 Å². The Balaban J connectivity index is 2.10. The van der Waals surface area contributed by atoms with Gasteiger partial charge in [-0.3, -0.25) is 9.59 Å². The zero-order valence-electron chi connectivity index (χ0n) is 11.1. The highest BCUT2D eigenvalue weighted by Gasteiger charge is 2.07. The first-order valence-electron chi connectivity index (χ1n) is 6.23. The van der Waals surface area contributed by atoms with Crippen molar-refractivity contribution >= 4 is 27.5 Å². The van der Waals surface area contributed by atoms with Crippen molar-refractivity contribution in [1.29, 1.82) is 0 Å². The zero-order chi connectivity index (χ0) is 14.5. The number of hydrogen-bond donors (Lipinski definition) is 1. The number of pyridine rings is 1. The van der Waals surface area contributed by atoms with Crippen molar-refractivity contribution in [3.05, 3.63) is 64.1 Å². The van der Waals surface area contributed by atoms with Crippen molar-refractivity contribution in [1.82, 2.24) is 4.57 Å². The third-order valence-corrected chi connectivity index (χ3v) is 3.36. The summed E-state index contributed by atoms with van der Waals surface area (Å²) in [7, 11) is 1.65. The van der Waals surface area contributed by atoms with Gasteiger partial charge in [0.2, 0.25) is 0 Å². The Morgan fingerprint density at radius 1 is 1.25 bits per heavy atom. The highest BCUT2D eigenvalue weighted by Crippen LogP contribution is 2.12. The van der Waals surface area contributed by atoms with Crippen LogP contribution in [0.3, 0.4) is 0 Å². The third-order valence-electron chi connectivity index (χ3n) is 2.96. The van der Waals surface area contributed by atoms with E-state index in [0.717, 1.165) is 11.8 Å². The van der Waals surface area contributed by atoms with Crippen LogP contribution in [0.25, 0.3) is 0 Å². The van der Waals surface area contributed by atoms with Gasteiger partial charge in [-0.25, -0.2) is 0 Å². The average molecular weight is 335 g/mol. The van der Waals surface area contributed by atoms with Crippen LogP contribution in [0, 0.1) is 0 Å². The van der Waals surface area contributed by atoms with Crippen molar-refractivity contribution in [2.45, 2.75) is 6.42 Å². The lowest BCUT2D eigenvalue weighted by atomic mass is 10.1. The van der Waals surface area contributed by atoms with Crippen LogP contribution in [0.15, 0.2) is 47.4 Å². The van der Waals surface area contributed by atoms with Crippen LogP contribution < -0.4 is 10.9 Å². The normalized spacial score (nSPS) is 10.3. The Bertz CT molecular complexity index is 662. The Kier molecular flexibility index (Phi) is 4.74. The molecule has 104 valence electrons. The van der Waals surface area contributed by atoms with E-state index in [1.54, 1.807) is 19.3 Å². The summed E-state index contributed by atoms with van der Waals surface area (Å²) < 4.78 is 1.42. The summed E-state index contributed by atoms with van der Waals surface area (Å²) in [6, 6.07) is 10.6. The van der Waals surface area contributed by atoms with Gasteiger partial charge in [0.15, 0.2) is 0 Å². The average Bonchev–Trinajstić information content (AvgIpc) is 2.44. The predicted molar refractivity (Wildman–Crippen MR) is 83.6 cm³/mol. The molecule has 1 aromatic carbocycles. The molecule has 0 spiro atoms. The van der Waals surface area contributed by atoms with E-state index >= 15 is 0 Å². The van der Waals surface area contributed by atoms with Crippen LogP contribution in [0.4, 0.5) is 5.69 Å². The number of carbonyl (C=O) groups is 1. The van der Waals surface area contributed by atoms with Crippen LogP contribution >= 0.6 is 15.9 Å². The Labute approximate surface area is 125 Å². The molecular weight excluding hydrogens is 320 g/mol. The zero-order valence-corrected chi connectivity index (χ0v) is 12.7. The third kappa shape index (κ3) is 3.57. The fourth-order valence-corrected chi connectivity index (χ4v) is 2.21. The summed E-state index contributed by atoms with van der Waals surface area (Å²) in [6.07, 6.45) is 2.53. The maximum atomic E-state index is 12.0. The number of amides is 1. The minimum Gasteiger partial charge on any atom is -0.322 e. The second kappa shape index (κ2) is 6.52. The summed E-state index contributed by atoms with van der Waals surface area (Å²) in [4.78, 5) is 23.5. The topological polar surface area (TPSA) is 51.1 Å². The van der Waals surface area contributed by atoms with E-state index in [-0.39, 0.29) is 11.5 Å². The number of nitrogens with one attached hydrogen (secondary N) is 1. The van der Waals surface area contributed by atoms with Crippen LogP contribution in [-0.2, 0) is 13.5 Å². The largest absolute Gasteiger partial charge is 0.322 e. The Morgan fingerprint density at radius 3 is 2.55 bits per heavy atom. The number of nitrogens with zero attached hydrogens (tertiary/aromatic N) is 1. The second-order valence-corrected chi connectivity index (χ2v) is 5.25. The Hall–Kier alpha value is -1.88. The molecule has 2 aromatic rings. The molecule has 2 rings (SSSR count). The lowest BCUT2D eigenvalue weighted by Gasteiger charge is -2.06. The van der Waals surface area contributed by atoms with Crippen LogP contribution in [-0.4, -0.2) is 15.8 Å². The molecule has 4 nitrogen and oxygen atoms in total. The first kappa shape index (κ1) is 14.5. The fourth-order valence-electron chi connectivity index (χ4n) is 1.76. The van der Waals surface area contributed by atoms with E-state index in [1.165, 1.54) is 16.2 Å². The van der Waals surface area contributed by atoms with Crippen LogP contribution in [0.1, 0.15) is 15.9 Å². The number of benzene rings is 1. The maximum Gasteiger partial charge on any atom is 0.255 e. The van der Waals surface area contributed by atoms with E-state index in [2.05, 4.69) is 21.2 Å². The number of rotatable bonds is 4. The minimum absolute atomic E-state index is 0.203. The summed E-state index contributed by atoms with van der Waals surface area (Å²) in [5.41, 5.74) is 2.07. The monoisotopic (exact) mass is 334 g/mol. The number of anilines is 1. The Morgan fingerprint density at radius 2 is 1.95 bits per heavy atom. The van der Waals surface area contributed by atoms with Gasteiger partial charge in [0.05, 0.1) is 0 Å². The lowest BCUT2D eigenvalue weighted by molar-refractivity contribution is 0.102. The first-order valence-corrected chi connectivity index (χ1v) is 7.35. The summed E-state index contributed by atoms with van der Waals surface area (Å²) in [6.45, 7) is 0. The summed E-state index contributed by atoms with van der Waals surface area (Å²) >= 11 is 3.39. The first-order chi connectivity index (χ1) is 9.60. The van der Waals surface area contributed by atoms with E-state index < -0.39 is 0 Å². The van der Waals surface area contributed by atoms with Crippen molar-refractivity contribution in [2.75, 3.05) is 10.6 Å². The molecule has 0 unspecified atom stereocenters. The van der Waals surface area contributed by atoms with Crippen molar-refractivity contribution in [3.8, 4) is 0 Å². The molecule has 0 radical (unpaired) electrons.